The van der Waals surface area contributed by atoms with Gasteiger partial charge in [0.25, 0.3) is 0 Å². The molecule has 0 spiro atoms. The number of hydrogen-bond acceptors (Lipinski definition) is 1. The lowest BCUT2D eigenvalue weighted by atomic mass is 9.85. The average molecular weight is 214 g/mol. The molecule has 0 N–H and O–H groups in total. The van der Waals surface area contributed by atoms with Gasteiger partial charge in [-0.2, -0.15) is 5.26 Å². The van der Waals surface area contributed by atoms with Gasteiger partial charge in [0, 0.05) is 5.03 Å². The highest BCUT2D eigenvalue weighted by molar-refractivity contribution is 6.29. The Labute approximate surface area is 89.2 Å². The molecule has 0 bridgehead atoms. The third-order valence-corrected chi connectivity index (χ3v) is 2.00. The number of allylic oxidation sites excluding steroid dienone is 5. The van der Waals surface area contributed by atoms with E-state index in [0.29, 0.717) is 10.6 Å². The zero-order chi connectivity index (χ0) is 11.4. The molecule has 0 saturated heterocycles. The standard InChI is InChI=1S/C11H13ClFN/c1-5-9(13)6-10(8(2)12)11(3,4)7-14/h5-6H,1H2,2-4H3/b9-6+,10-8-. The van der Waals surface area contributed by atoms with Crippen LogP contribution in [0.3, 0.4) is 0 Å². The first kappa shape index (κ1) is 12.9. The minimum Gasteiger partial charge on any atom is -0.207 e. The Balaban J connectivity index is 5.35. The van der Waals surface area contributed by atoms with E-state index in [1.165, 1.54) is 6.08 Å². The second kappa shape index (κ2) is 4.97. The molecule has 0 radical (unpaired) electrons. The first-order valence-corrected chi connectivity index (χ1v) is 4.50. The van der Waals surface area contributed by atoms with E-state index < -0.39 is 11.2 Å². The van der Waals surface area contributed by atoms with Gasteiger partial charge in [-0.1, -0.05) is 18.2 Å². The van der Waals surface area contributed by atoms with Crippen LogP contribution >= 0.6 is 11.6 Å². The van der Waals surface area contributed by atoms with Crippen LogP contribution in [-0.4, -0.2) is 0 Å². The van der Waals surface area contributed by atoms with Crippen LogP contribution in [0.5, 0.6) is 0 Å². The van der Waals surface area contributed by atoms with E-state index in [4.69, 9.17) is 16.9 Å². The second-order valence-corrected chi connectivity index (χ2v) is 3.98. The maximum atomic E-state index is 12.9. The molecule has 76 valence electrons. The molecule has 1 nitrogen and oxygen atoms in total. The van der Waals surface area contributed by atoms with E-state index in [2.05, 4.69) is 12.6 Å². The summed E-state index contributed by atoms with van der Waals surface area (Å²) in [6.07, 6.45) is 2.31. The molecule has 0 aromatic rings. The highest BCUT2D eigenvalue weighted by Crippen LogP contribution is 2.31. The Kier molecular flexibility index (Phi) is 4.59. The van der Waals surface area contributed by atoms with Crippen molar-refractivity contribution in [2.24, 2.45) is 5.41 Å². The summed E-state index contributed by atoms with van der Waals surface area (Å²) < 4.78 is 12.9. The van der Waals surface area contributed by atoms with Crippen molar-refractivity contribution in [2.45, 2.75) is 20.8 Å². The van der Waals surface area contributed by atoms with Gasteiger partial charge in [-0.15, -0.1) is 0 Å². The predicted octanol–water partition coefficient (Wildman–Crippen LogP) is 4.09. The number of hydrogen-bond donors (Lipinski definition) is 0. The topological polar surface area (TPSA) is 23.8 Å². The van der Waals surface area contributed by atoms with Crippen molar-refractivity contribution < 1.29 is 4.39 Å². The van der Waals surface area contributed by atoms with Gasteiger partial charge < -0.3 is 0 Å². The molecule has 14 heavy (non-hydrogen) atoms. The van der Waals surface area contributed by atoms with E-state index in [9.17, 15) is 4.39 Å². The number of nitrogens with zero attached hydrogens (tertiary/aromatic N) is 1. The van der Waals surface area contributed by atoms with Gasteiger partial charge >= 0.3 is 0 Å². The fourth-order valence-electron chi connectivity index (χ4n) is 0.968. The van der Waals surface area contributed by atoms with E-state index in [-0.39, 0.29) is 0 Å². The third-order valence-electron chi connectivity index (χ3n) is 1.80. The monoisotopic (exact) mass is 213 g/mol. The number of nitriles is 1. The summed E-state index contributed by atoms with van der Waals surface area (Å²) in [7, 11) is 0. The van der Waals surface area contributed by atoms with Crippen LogP contribution in [0, 0.1) is 16.7 Å². The molecular weight excluding hydrogens is 201 g/mol. The fraction of sp³-hybridized carbons (Fsp3) is 0.364. The maximum absolute atomic E-state index is 12.9. The molecule has 0 rings (SSSR count). The maximum Gasteiger partial charge on any atom is 0.122 e. The van der Waals surface area contributed by atoms with Crippen molar-refractivity contribution in [1.29, 1.82) is 5.26 Å². The van der Waals surface area contributed by atoms with Crippen molar-refractivity contribution in [3.8, 4) is 6.07 Å². The van der Waals surface area contributed by atoms with Gasteiger partial charge in [0.15, 0.2) is 0 Å². The lowest BCUT2D eigenvalue weighted by Crippen LogP contribution is -2.11. The summed E-state index contributed by atoms with van der Waals surface area (Å²) in [5.74, 6) is -0.497. The lowest BCUT2D eigenvalue weighted by molar-refractivity contribution is 0.598. The fourth-order valence-corrected chi connectivity index (χ4v) is 1.26. The number of halogens is 2. The van der Waals surface area contributed by atoms with Crippen molar-refractivity contribution in [2.75, 3.05) is 0 Å². The Morgan fingerprint density at radius 3 is 2.36 bits per heavy atom. The van der Waals surface area contributed by atoms with Crippen LogP contribution in [0.25, 0.3) is 0 Å². The zero-order valence-electron chi connectivity index (χ0n) is 8.56. The molecule has 0 heterocycles. The third kappa shape index (κ3) is 3.35. The summed E-state index contributed by atoms with van der Waals surface area (Å²) in [6, 6.07) is 2.06. The minimum atomic E-state index is -0.799. The van der Waals surface area contributed by atoms with Crippen LogP contribution in [0.2, 0.25) is 0 Å². The van der Waals surface area contributed by atoms with Crippen molar-refractivity contribution >= 4 is 11.6 Å². The van der Waals surface area contributed by atoms with Gasteiger partial charge in [0.05, 0.1) is 11.5 Å². The average Bonchev–Trinajstić information content (AvgIpc) is 2.12. The molecule has 0 aliphatic carbocycles. The first-order chi connectivity index (χ1) is 6.35. The van der Waals surface area contributed by atoms with Crippen molar-refractivity contribution in [3.05, 3.63) is 35.2 Å². The van der Waals surface area contributed by atoms with E-state index in [1.54, 1.807) is 20.8 Å². The van der Waals surface area contributed by atoms with Crippen molar-refractivity contribution in [3.63, 3.8) is 0 Å². The quantitative estimate of drug-likeness (QED) is 0.648. The Bertz CT molecular complexity index is 328. The molecule has 0 saturated carbocycles. The predicted molar refractivity (Wildman–Crippen MR) is 57.3 cm³/mol. The van der Waals surface area contributed by atoms with Crippen LogP contribution < -0.4 is 0 Å². The molecule has 0 aliphatic rings. The normalized spacial score (nSPS) is 14.4. The highest BCUT2D eigenvalue weighted by atomic mass is 35.5. The van der Waals surface area contributed by atoms with Gasteiger partial charge in [-0.25, -0.2) is 4.39 Å². The van der Waals surface area contributed by atoms with Crippen LogP contribution in [0.15, 0.2) is 35.2 Å². The Morgan fingerprint density at radius 2 is 2.07 bits per heavy atom. The SMILES string of the molecule is C=C/C(F)=C\C(=C(/C)Cl)C(C)(C)C#N. The van der Waals surface area contributed by atoms with Gasteiger partial charge in [0.2, 0.25) is 0 Å². The largest absolute Gasteiger partial charge is 0.207 e. The second-order valence-electron chi connectivity index (χ2n) is 3.42. The summed E-state index contributed by atoms with van der Waals surface area (Å²) in [6.45, 7) is 8.28. The van der Waals surface area contributed by atoms with Gasteiger partial charge in [-0.3, -0.25) is 0 Å². The van der Waals surface area contributed by atoms with Gasteiger partial charge in [0.1, 0.15) is 5.83 Å². The lowest BCUT2D eigenvalue weighted by Gasteiger charge is -2.17. The summed E-state index contributed by atoms with van der Waals surface area (Å²) in [5.41, 5.74) is -0.328. The zero-order valence-corrected chi connectivity index (χ0v) is 9.32. The van der Waals surface area contributed by atoms with Crippen LogP contribution in [0.4, 0.5) is 4.39 Å². The number of rotatable bonds is 3. The van der Waals surface area contributed by atoms with Crippen LogP contribution in [0.1, 0.15) is 20.8 Å². The van der Waals surface area contributed by atoms with Crippen LogP contribution in [-0.2, 0) is 0 Å². The minimum absolute atomic E-state index is 0.411. The van der Waals surface area contributed by atoms with E-state index in [1.807, 2.05) is 0 Å². The molecular formula is C11H13ClFN. The van der Waals surface area contributed by atoms with Gasteiger partial charge in [-0.05, 0) is 38.5 Å². The molecule has 0 atom stereocenters. The summed E-state index contributed by atoms with van der Waals surface area (Å²) >= 11 is 5.79. The molecule has 0 unspecified atom stereocenters. The smallest absolute Gasteiger partial charge is 0.122 e. The molecule has 0 amide bonds. The summed E-state index contributed by atoms with van der Waals surface area (Å²) in [4.78, 5) is 0. The molecule has 0 aromatic carbocycles. The molecule has 0 aliphatic heterocycles. The molecule has 0 fully saturated rings. The van der Waals surface area contributed by atoms with E-state index >= 15 is 0 Å². The summed E-state index contributed by atoms with van der Waals surface area (Å²) in [5, 5.41) is 9.29. The highest BCUT2D eigenvalue weighted by Gasteiger charge is 2.23. The first-order valence-electron chi connectivity index (χ1n) is 4.13. The van der Waals surface area contributed by atoms with E-state index in [0.717, 1.165) is 6.08 Å². The Hall–Kier alpha value is -1.07. The molecule has 3 heteroatoms. The van der Waals surface area contributed by atoms with Crippen molar-refractivity contribution in [1.82, 2.24) is 0 Å². The Morgan fingerprint density at radius 1 is 1.57 bits per heavy atom. The molecule has 0 aromatic heterocycles.